The molecule has 1 aliphatic carbocycles. The van der Waals surface area contributed by atoms with Gasteiger partial charge in [-0.3, -0.25) is 0 Å². The lowest BCUT2D eigenvalue weighted by Crippen LogP contribution is -2.37. The molecule has 1 atom stereocenters. The summed E-state index contributed by atoms with van der Waals surface area (Å²) in [6, 6.07) is 0. The molecule has 2 rings (SSSR count). The number of rotatable bonds is 1. The summed E-state index contributed by atoms with van der Waals surface area (Å²) in [7, 11) is 1.37. The summed E-state index contributed by atoms with van der Waals surface area (Å²) in [5.74, 6) is 0.419. The van der Waals surface area contributed by atoms with Crippen LogP contribution in [0.4, 0.5) is 4.79 Å². The van der Waals surface area contributed by atoms with Crippen molar-refractivity contribution in [2.75, 3.05) is 20.2 Å². The van der Waals surface area contributed by atoms with Gasteiger partial charge in [-0.15, -0.1) is 0 Å². The summed E-state index contributed by atoms with van der Waals surface area (Å²) in [6.07, 6.45) is 2.58. The van der Waals surface area contributed by atoms with Gasteiger partial charge < -0.3 is 14.7 Å². The Morgan fingerprint density at radius 1 is 1.62 bits per heavy atom. The van der Waals surface area contributed by atoms with E-state index in [4.69, 9.17) is 0 Å². The highest BCUT2D eigenvalue weighted by Crippen LogP contribution is 2.44. The zero-order valence-electron chi connectivity index (χ0n) is 7.82. The summed E-state index contributed by atoms with van der Waals surface area (Å²) < 4.78 is 4.60. The molecule has 1 amide bonds. The predicted octanol–water partition coefficient (Wildman–Crippen LogP) is 0.600. The van der Waals surface area contributed by atoms with E-state index in [0.717, 1.165) is 12.8 Å². The first-order valence-electron chi connectivity index (χ1n) is 4.71. The SMILES string of the molecule is COC(=O)N1CCC(O)(C2CC2)C1. The number of aliphatic hydroxyl groups is 1. The van der Waals surface area contributed by atoms with Crippen LogP contribution in [-0.4, -0.2) is 41.9 Å². The molecule has 1 unspecified atom stereocenters. The second kappa shape index (κ2) is 2.87. The molecule has 1 N–H and O–H groups in total. The minimum Gasteiger partial charge on any atom is -0.453 e. The van der Waals surface area contributed by atoms with Crippen LogP contribution < -0.4 is 0 Å². The van der Waals surface area contributed by atoms with Gasteiger partial charge in [0, 0.05) is 6.54 Å². The second-order valence-corrected chi connectivity index (χ2v) is 4.02. The van der Waals surface area contributed by atoms with Crippen LogP contribution in [0.3, 0.4) is 0 Å². The Labute approximate surface area is 77.5 Å². The number of methoxy groups -OCH3 is 1. The van der Waals surface area contributed by atoms with Gasteiger partial charge in [0.05, 0.1) is 19.3 Å². The topological polar surface area (TPSA) is 49.8 Å². The lowest BCUT2D eigenvalue weighted by Gasteiger charge is -2.22. The molecule has 1 heterocycles. The molecule has 13 heavy (non-hydrogen) atoms. The van der Waals surface area contributed by atoms with Crippen molar-refractivity contribution < 1.29 is 14.6 Å². The zero-order valence-corrected chi connectivity index (χ0v) is 7.82. The number of β-amino-alcohol motifs (C(OH)–C–C–N with tert-alkyl or cyclic N) is 1. The molecule has 1 aliphatic heterocycles. The maximum atomic E-state index is 11.1. The first kappa shape index (κ1) is 8.81. The van der Waals surface area contributed by atoms with E-state index in [1.54, 1.807) is 4.90 Å². The van der Waals surface area contributed by atoms with E-state index in [1.807, 2.05) is 0 Å². The first-order valence-corrected chi connectivity index (χ1v) is 4.71. The average Bonchev–Trinajstić information content (AvgIpc) is 2.90. The van der Waals surface area contributed by atoms with Gasteiger partial charge in [0.25, 0.3) is 0 Å². The van der Waals surface area contributed by atoms with Gasteiger partial charge in [0.2, 0.25) is 0 Å². The maximum Gasteiger partial charge on any atom is 0.409 e. The number of hydrogen-bond acceptors (Lipinski definition) is 3. The van der Waals surface area contributed by atoms with Crippen LogP contribution in [0.1, 0.15) is 19.3 Å². The summed E-state index contributed by atoms with van der Waals surface area (Å²) >= 11 is 0. The molecular weight excluding hydrogens is 170 g/mol. The van der Waals surface area contributed by atoms with Gasteiger partial charge in [0.15, 0.2) is 0 Å². The Bertz CT molecular complexity index is 227. The summed E-state index contributed by atoms with van der Waals surface area (Å²) in [5.41, 5.74) is -0.617. The molecule has 0 spiro atoms. The lowest BCUT2D eigenvalue weighted by molar-refractivity contribution is 0.0263. The number of hydrogen-bond donors (Lipinski definition) is 1. The van der Waals surface area contributed by atoms with Crippen molar-refractivity contribution in [3.05, 3.63) is 0 Å². The van der Waals surface area contributed by atoms with Crippen molar-refractivity contribution in [3.8, 4) is 0 Å². The molecule has 1 saturated heterocycles. The Hall–Kier alpha value is -0.770. The largest absolute Gasteiger partial charge is 0.453 e. The van der Waals surface area contributed by atoms with Crippen molar-refractivity contribution in [1.29, 1.82) is 0 Å². The number of carbonyl (C=O) groups is 1. The fourth-order valence-corrected chi connectivity index (χ4v) is 2.06. The third kappa shape index (κ3) is 1.50. The smallest absolute Gasteiger partial charge is 0.409 e. The van der Waals surface area contributed by atoms with E-state index in [2.05, 4.69) is 4.74 Å². The van der Waals surface area contributed by atoms with E-state index in [0.29, 0.717) is 25.4 Å². The lowest BCUT2D eigenvalue weighted by atomic mass is 9.97. The van der Waals surface area contributed by atoms with Crippen LogP contribution in [-0.2, 0) is 4.74 Å². The molecule has 4 heteroatoms. The molecule has 2 aliphatic rings. The van der Waals surface area contributed by atoms with Gasteiger partial charge in [-0.05, 0) is 25.2 Å². The Morgan fingerprint density at radius 3 is 2.85 bits per heavy atom. The average molecular weight is 185 g/mol. The van der Waals surface area contributed by atoms with Gasteiger partial charge in [-0.25, -0.2) is 4.79 Å². The van der Waals surface area contributed by atoms with E-state index in [-0.39, 0.29) is 6.09 Å². The van der Waals surface area contributed by atoms with Gasteiger partial charge >= 0.3 is 6.09 Å². The molecule has 74 valence electrons. The molecule has 1 saturated carbocycles. The predicted molar refractivity (Wildman–Crippen MR) is 46.3 cm³/mol. The molecule has 0 radical (unpaired) electrons. The van der Waals surface area contributed by atoms with Crippen LogP contribution in [0.15, 0.2) is 0 Å². The summed E-state index contributed by atoms with van der Waals surface area (Å²) in [5, 5.41) is 10.1. The standard InChI is InChI=1S/C9H15NO3/c1-13-8(11)10-5-4-9(12,6-10)7-2-3-7/h7,12H,2-6H2,1H3. The molecule has 0 aromatic heterocycles. The molecular formula is C9H15NO3. The maximum absolute atomic E-state index is 11.1. The Balaban J connectivity index is 1.96. The fourth-order valence-electron chi connectivity index (χ4n) is 2.06. The van der Waals surface area contributed by atoms with Crippen LogP contribution in [0.5, 0.6) is 0 Å². The zero-order chi connectivity index (χ0) is 9.47. The highest BCUT2D eigenvalue weighted by Gasteiger charge is 2.49. The van der Waals surface area contributed by atoms with E-state index in [1.165, 1.54) is 7.11 Å². The molecule has 4 nitrogen and oxygen atoms in total. The first-order chi connectivity index (χ1) is 6.15. The number of nitrogens with zero attached hydrogens (tertiary/aromatic N) is 1. The number of likely N-dealkylation sites (tertiary alicyclic amines) is 1. The third-order valence-corrected chi connectivity index (χ3v) is 3.05. The highest BCUT2D eigenvalue weighted by molar-refractivity contribution is 5.68. The van der Waals surface area contributed by atoms with Crippen molar-refractivity contribution in [1.82, 2.24) is 4.90 Å². The van der Waals surface area contributed by atoms with Crippen molar-refractivity contribution in [3.63, 3.8) is 0 Å². The monoisotopic (exact) mass is 185 g/mol. The number of ether oxygens (including phenoxy) is 1. The van der Waals surface area contributed by atoms with Crippen molar-refractivity contribution >= 4 is 6.09 Å². The minimum absolute atomic E-state index is 0.323. The quantitative estimate of drug-likeness (QED) is 0.650. The fraction of sp³-hybridized carbons (Fsp3) is 0.889. The van der Waals surface area contributed by atoms with E-state index in [9.17, 15) is 9.90 Å². The molecule has 0 aromatic rings. The molecule has 2 fully saturated rings. The number of carbonyl (C=O) groups excluding carboxylic acids is 1. The minimum atomic E-state index is -0.617. The summed E-state index contributed by atoms with van der Waals surface area (Å²) in [4.78, 5) is 12.7. The molecule has 0 aromatic carbocycles. The summed E-state index contributed by atoms with van der Waals surface area (Å²) in [6.45, 7) is 1.07. The van der Waals surface area contributed by atoms with E-state index < -0.39 is 5.60 Å². The van der Waals surface area contributed by atoms with Crippen LogP contribution in [0.25, 0.3) is 0 Å². The van der Waals surface area contributed by atoms with Crippen LogP contribution in [0, 0.1) is 5.92 Å². The highest BCUT2D eigenvalue weighted by atomic mass is 16.5. The number of amides is 1. The Morgan fingerprint density at radius 2 is 2.31 bits per heavy atom. The van der Waals surface area contributed by atoms with Gasteiger partial charge in [-0.2, -0.15) is 0 Å². The van der Waals surface area contributed by atoms with Crippen LogP contribution in [0.2, 0.25) is 0 Å². The van der Waals surface area contributed by atoms with Crippen LogP contribution >= 0.6 is 0 Å². The Kier molecular flexibility index (Phi) is 1.95. The normalized spacial score (nSPS) is 33.5. The third-order valence-electron chi connectivity index (χ3n) is 3.05. The second-order valence-electron chi connectivity index (χ2n) is 4.02. The van der Waals surface area contributed by atoms with E-state index >= 15 is 0 Å². The van der Waals surface area contributed by atoms with Crippen molar-refractivity contribution in [2.45, 2.75) is 24.9 Å². The van der Waals surface area contributed by atoms with Gasteiger partial charge in [0.1, 0.15) is 0 Å². The van der Waals surface area contributed by atoms with Gasteiger partial charge in [-0.1, -0.05) is 0 Å². The molecule has 0 bridgehead atoms. The van der Waals surface area contributed by atoms with Crippen molar-refractivity contribution in [2.24, 2.45) is 5.92 Å².